The second-order valence-electron chi connectivity index (χ2n) is 6.24. The molecule has 0 spiro atoms. The largest absolute Gasteiger partial charge is 0.380 e. The molecule has 2 fully saturated rings. The first-order valence-corrected chi connectivity index (χ1v) is 6.62. The molecule has 1 N–H and O–H groups in total. The van der Waals surface area contributed by atoms with Crippen molar-refractivity contribution < 1.29 is 4.74 Å². The van der Waals surface area contributed by atoms with Crippen LogP contribution in [0.4, 0.5) is 0 Å². The fraction of sp³-hybridized carbons (Fsp3) is 1.00. The van der Waals surface area contributed by atoms with Gasteiger partial charge >= 0.3 is 0 Å². The normalized spacial score (nSPS) is 33.9. The predicted octanol–water partition coefficient (Wildman–Crippen LogP) is 1.49. The zero-order valence-corrected chi connectivity index (χ0v) is 11.0. The van der Waals surface area contributed by atoms with Gasteiger partial charge in [-0.3, -0.25) is 4.90 Å². The minimum atomic E-state index is 0.355. The summed E-state index contributed by atoms with van der Waals surface area (Å²) in [6.07, 6.45) is 2.55. The third-order valence-corrected chi connectivity index (χ3v) is 3.90. The van der Waals surface area contributed by atoms with E-state index in [1.807, 2.05) is 0 Å². The number of nitrogens with one attached hydrogen (secondary N) is 1. The van der Waals surface area contributed by atoms with Crippen molar-refractivity contribution in [2.24, 2.45) is 5.41 Å². The number of hydrogen-bond donors (Lipinski definition) is 1. The first-order chi connectivity index (χ1) is 7.57. The van der Waals surface area contributed by atoms with Gasteiger partial charge < -0.3 is 10.1 Å². The second kappa shape index (κ2) is 5.03. The number of rotatable bonds is 1. The fourth-order valence-corrected chi connectivity index (χ4v) is 2.70. The van der Waals surface area contributed by atoms with E-state index in [0.717, 1.165) is 19.8 Å². The molecule has 94 valence electrons. The highest BCUT2D eigenvalue weighted by atomic mass is 16.5. The fourth-order valence-electron chi connectivity index (χ4n) is 2.70. The Kier molecular flexibility index (Phi) is 3.88. The van der Waals surface area contributed by atoms with Crippen LogP contribution in [0, 0.1) is 5.41 Å². The van der Waals surface area contributed by atoms with Crippen LogP contribution in [0.3, 0.4) is 0 Å². The van der Waals surface area contributed by atoms with E-state index in [-0.39, 0.29) is 0 Å². The van der Waals surface area contributed by atoms with Crippen LogP contribution < -0.4 is 5.32 Å². The average molecular weight is 226 g/mol. The molecule has 2 saturated heterocycles. The molecule has 0 aliphatic carbocycles. The molecule has 3 heteroatoms. The van der Waals surface area contributed by atoms with Crippen molar-refractivity contribution >= 4 is 0 Å². The van der Waals surface area contributed by atoms with Crippen molar-refractivity contribution in [3.63, 3.8) is 0 Å². The van der Waals surface area contributed by atoms with Gasteiger partial charge in [0.1, 0.15) is 0 Å². The van der Waals surface area contributed by atoms with E-state index in [9.17, 15) is 0 Å². The van der Waals surface area contributed by atoms with Gasteiger partial charge in [0.15, 0.2) is 0 Å². The van der Waals surface area contributed by atoms with Gasteiger partial charge in [0.05, 0.1) is 6.61 Å². The average Bonchev–Trinajstić information content (AvgIpc) is 2.29. The van der Waals surface area contributed by atoms with E-state index in [1.54, 1.807) is 0 Å². The lowest BCUT2D eigenvalue weighted by Gasteiger charge is -2.44. The van der Waals surface area contributed by atoms with Crippen LogP contribution in [-0.4, -0.2) is 49.8 Å². The van der Waals surface area contributed by atoms with Crippen LogP contribution in [-0.2, 0) is 4.74 Å². The van der Waals surface area contributed by atoms with Gasteiger partial charge in [0.25, 0.3) is 0 Å². The molecule has 0 saturated carbocycles. The van der Waals surface area contributed by atoms with Gasteiger partial charge in [-0.25, -0.2) is 0 Å². The SMILES string of the molecule is CC(C)(C)C1CN(C2CCCOC2)CCN1. The van der Waals surface area contributed by atoms with Crippen molar-refractivity contribution in [1.29, 1.82) is 0 Å². The molecule has 0 bridgehead atoms. The molecule has 2 rings (SSSR count). The molecule has 2 atom stereocenters. The second-order valence-corrected chi connectivity index (χ2v) is 6.24. The van der Waals surface area contributed by atoms with Gasteiger partial charge in [0, 0.05) is 38.3 Å². The number of piperazine rings is 1. The lowest BCUT2D eigenvalue weighted by Crippen LogP contribution is -2.59. The van der Waals surface area contributed by atoms with Crippen LogP contribution in [0.25, 0.3) is 0 Å². The Hall–Kier alpha value is -0.120. The smallest absolute Gasteiger partial charge is 0.0621 e. The lowest BCUT2D eigenvalue weighted by molar-refractivity contribution is -0.00131. The van der Waals surface area contributed by atoms with Gasteiger partial charge in [-0.1, -0.05) is 20.8 Å². The molecule has 2 aliphatic heterocycles. The molecule has 0 radical (unpaired) electrons. The van der Waals surface area contributed by atoms with Crippen LogP contribution in [0.5, 0.6) is 0 Å². The van der Waals surface area contributed by atoms with E-state index in [2.05, 4.69) is 31.0 Å². The maximum absolute atomic E-state index is 5.59. The molecule has 2 aliphatic rings. The highest BCUT2D eigenvalue weighted by molar-refractivity contribution is 4.90. The van der Waals surface area contributed by atoms with Crippen LogP contribution >= 0.6 is 0 Å². The minimum absolute atomic E-state index is 0.355. The Morgan fingerprint density at radius 1 is 1.31 bits per heavy atom. The summed E-state index contributed by atoms with van der Waals surface area (Å²) in [5, 5.41) is 3.65. The zero-order chi connectivity index (χ0) is 11.6. The van der Waals surface area contributed by atoms with Gasteiger partial charge in [-0.05, 0) is 18.3 Å². The third-order valence-electron chi connectivity index (χ3n) is 3.90. The first-order valence-electron chi connectivity index (χ1n) is 6.62. The van der Waals surface area contributed by atoms with Gasteiger partial charge in [-0.2, -0.15) is 0 Å². The Balaban J connectivity index is 1.90. The summed E-state index contributed by atoms with van der Waals surface area (Å²) in [6, 6.07) is 1.28. The maximum atomic E-state index is 5.59. The standard InChI is InChI=1S/C13H26N2O/c1-13(2,3)12-9-15(7-6-14-12)11-5-4-8-16-10-11/h11-12,14H,4-10H2,1-3H3. The molecule has 2 heterocycles. The van der Waals surface area contributed by atoms with E-state index in [0.29, 0.717) is 17.5 Å². The molecule has 0 aromatic rings. The van der Waals surface area contributed by atoms with E-state index in [4.69, 9.17) is 4.74 Å². The van der Waals surface area contributed by atoms with E-state index >= 15 is 0 Å². The summed E-state index contributed by atoms with van der Waals surface area (Å²) in [7, 11) is 0. The maximum Gasteiger partial charge on any atom is 0.0621 e. The zero-order valence-electron chi connectivity index (χ0n) is 11.0. The third kappa shape index (κ3) is 2.96. The van der Waals surface area contributed by atoms with Crippen molar-refractivity contribution in [3.8, 4) is 0 Å². The highest BCUT2D eigenvalue weighted by Crippen LogP contribution is 2.24. The molecule has 2 unspecified atom stereocenters. The van der Waals surface area contributed by atoms with Gasteiger partial charge in [-0.15, -0.1) is 0 Å². The highest BCUT2D eigenvalue weighted by Gasteiger charge is 2.32. The van der Waals surface area contributed by atoms with Crippen molar-refractivity contribution in [1.82, 2.24) is 10.2 Å². The number of ether oxygens (including phenoxy) is 1. The summed E-state index contributed by atoms with van der Waals surface area (Å²) < 4.78 is 5.59. The number of nitrogens with zero attached hydrogens (tertiary/aromatic N) is 1. The van der Waals surface area contributed by atoms with E-state index in [1.165, 1.54) is 25.9 Å². The molecule has 16 heavy (non-hydrogen) atoms. The first kappa shape index (κ1) is 12.3. The summed E-state index contributed by atoms with van der Waals surface area (Å²) in [4.78, 5) is 2.63. The number of hydrogen-bond acceptors (Lipinski definition) is 3. The Morgan fingerprint density at radius 3 is 2.75 bits per heavy atom. The molecular formula is C13H26N2O. The topological polar surface area (TPSA) is 24.5 Å². The van der Waals surface area contributed by atoms with E-state index < -0.39 is 0 Å². The lowest BCUT2D eigenvalue weighted by atomic mass is 9.85. The predicted molar refractivity (Wildman–Crippen MR) is 66.7 cm³/mol. The quantitative estimate of drug-likeness (QED) is 0.733. The Labute approximate surface area is 99.5 Å². The summed E-state index contributed by atoms with van der Waals surface area (Å²) in [5.74, 6) is 0. The van der Waals surface area contributed by atoms with Crippen LogP contribution in [0.1, 0.15) is 33.6 Å². The summed E-state index contributed by atoms with van der Waals surface area (Å²) in [6.45, 7) is 12.4. The van der Waals surface area contributed by atoms with Crippen molar-refractivity contribution in [3.05, 3.63) is 0 Å². The molecule has 0 aromatic carbocycles. The molecular weight excluding hydrogens is 200 g/mol. The minimum Gasteiger partial charge on any atom is -0.380 e. The molecule has 3 nitrogen and oxygen atoms in total. The summed E-state index contributed by atoms with van der Waals surface area (Å²) in [5.41, 5.74) is 0.355. The molecule has 0 aromatic heterocycles. The molecule has 0 amide bonds. The monoisotopic (exact) mass is 226 g/mol. The van der Waals surface area contributed by atoms with Crippen molar-refractivity contribution in [2.75, 3.05) is 32.8 Å². The van der Waals surface area contributed by atoms with Crippen LogP contribution in [0.2, 0.25) is 0 Å². The van der Waals surface area contributed by atoms with Crippen LogP contribution in [0.15, 0.2) is 0 Å². The summed E-state index contributed by atoms with van der Waals surface area (Å²) >= 11 is 0. The van der Waals surface area contributed by atoms with Crippen molar-refractivity contribution in [2.45, 2.75) is 45.7 Å². The van der Waals surface area contributed by atoms with Gasteiger partial charge in [0.2, 0.25) is 0 Å². The Bertz CT molecular complexity index is 218. The Morgan fingerprint density at radius 2 is 2.12 bits per heavy atom.